The predicted octanol–water partition coefficient (Wildman–Crippen LogP) is 1.41. The van der Waals surface area contributed by atoms with Crippen LogP contribution in [0.4, 0.5) is 0 Å². The quantitative estimate of drug-likeness (QED) is 0.758. The van der Waals surface area contributed by atoms with Crippen molar-refractivity contribution in [3.63, 3.8) is 0 Å². The minimum Gasteiger partial charge on any atom is -0.480 e. The number of rotatable bonds is 3. The molecule has 4 heteroatoms. The molecule has 2 rings (SSSR count). The number of nitrogens with zero attached hydrogens (tertiary/aromatic N) is 2. The number of hydrogen-bond donors (Lipinski definition) is 1. The zero-order valence-electron chi connectivity index (χ0n) is 10.6. The van der Waals surface area contributed by atoms with Crippen LogP contribution >= 0.6 is 0 Å². The maximum absolute atomic E-state index is 10.6. The van der Waals surface area contributed by atoms with Crippen molar-refractivity contribution in [2.45, 2.75) is 44.6 Å². The first-order valence-corrected chi connectivity index (χ1v) is 6.94. The SMILES string of the molecule is O=C(O)CN1CCN(C2CCCCCC2)CC1. The highest BCUT2D eigenvalue weighted by Crippen LogP contribution is 2.22. The maximum Gasteiger partial charge on any atom is 0.317 e. The molecule has 0 amide bonds. The molecule has 1 saturated carbocycles. The summed E-state index contributed by atoms with van der Waals surface area (Å²) in [6.07, 6.45) is 8.24. The molecular weight excluding hydrogens is 216 g/mol. The second-order valence-corrected chi connectivity index (χ2v) is 5.35. The van der Waals surface area contributed by atoms with Crippen molar-refractivity contribution < 1.29 is 9.90 Å². The van der Waals surface area contributed by atoms with Gasteiger partial charge in [-0.15, -0.1) is 0 Å². The number of aliphatic carboxylic acids is 1. The number of carbonyl (C=O) groups is 1. The Balaban J connectivity index is 1.75. The van der Waals surface area contributed by atoms with E-state index in [1.807, 2.05) is 0 Å². The summed E-state index contributed by atoms with van der Waals surface area (Å²) in [6.45, 7) is 4.15. The van der Waals surface area contributed by atoms with Crippen LogP contribution < -0.4 is 0 Å². The molecule has 0 aromatic carbocycles. The van der Waals surface area contributed by atoms with Gasteiger partial charge in [-0.2, -0.15) is 0 Å². The van der Waals surface area contributed by atoms with Gasteiger partial charge in [-0.3, -0.25) is 14.6 Å². The molecule has 0 atom stereocenters. The maximum atomic E-state index is 10.6. The van der Waals surface area contributed by atoms with Crippen molar-refractivity contribution in [2.75, 3.05) is 32.7 Å². The van der Waals surface area contributed by atoms with Crippen LogP contribution in [-0.4, -0.2) is 59.6 Å². The van der Waals surface area contributed by atoms with Crippen LogP contribution in [0, 0.1) is 0 Å². The van der Waals surface area contributed by atoms with E-state index in [-0.39, 0.29) is 6.54 Å². The molecule has 0 aromatic heterocycles. The highest BCUT2D eigenvalue weighted by molar-refractivity contribution is 5.69. The lowest BCUT2D eigenvalue weighted by molar-refractivity contribution is -0.138. The zero-order chi connectivity index (χ0) is 12.1. The average Bonchev–Trinajstić information content (AvgIpc) is 2.58. The molecule has 1 heterocycles. The fourth-order valence-electron chi connectivity index (χ4n) is 3.10. The first-order chi connectivity index (χ1) is 8.25. The minimum atomic E-state index is -0.701. The molecule has 0 aromatic rings. The van der Waals surface area contributed by atoms with Crippen LogP contribution in [0.25, 0.3) is 0 Å². The van der Waals surface area contributed by atoms with Crippen LogP contribution in [0.1, 0.15) is 38.5 Å². The molecule has 1 N–H and O–H groups in total. The first kappa shape index (κ1) is 12.8. The molecule has 17 heavy (non-hydrogen) atoms. The summed E-state index contributed by atoms with van der Waals surface area (Å²) in [5, 5.41) is 8.76. The summed E-state index contributed by atoms with van der Waals surface area (Å²) in [6, 6.07) is 0.768. The third-order valence-corrected chi connectivity index (χ3v) is 4.11. The van der Waals surface area contributed by atoms with E-state index >= 15 is 0 Å². The Kier molecular flexibility index (Phi) is 4.80. The molecule has 2 aliphatic rings. The van der Waals surface area contributed by atoms with Gasteiger partial charge < -0.3 is 5.11 Å². The Hall–Kier alpha value is -0.610. The zero-order valence-corrected chi connectivity index (χ0v) is 10.6. The second-order valence-electron chi connectivity index (χ2n) is 5.35. The van der Waals surface area contributed by atoms with Crippen molar-refractivity contribution in [3.05, 3.63) is 0 Å². The smallest absolute Gasteiger partial charge is 0.317 e. The Morgan fingerprint density at radius 2 is 1.59 bits per heavy atom. The van der Waals surface area contributed by atoms with Gasteiger partial charge in [0.15, 0.2) is 0 Å². The van der Waals surface area contributed by atoms with Gasteiger partial charge in [-0.25, -0.2) is 0 Å². The largest absolute Gasteiger partial charge is 0.480 e. The molecule has 1 saturated heterocycles. The number of hydrogen-bond acceptors (Lipinski definition) is 3. The standard InChI is InChI=1S/C13H24N2O2/c16-13(17)11-14-7-9-15(10-8-14)12-5-3-1-2-4-6-12/h12H,1-11H2,(H,16,17). The van der Waals surface area contributed by atoms with Crippen LogP contribution in [0.15, 0.2) is 0 Å². The minimum absolute atomic E-state index is 0.207. The molecule has 2 fully saturated rings. The van der Waals surface area contributed by atoms with Gasteiger partial charge >= 0.3 is 5.97 Å². The predicted molar refractivity (Wildman–Crippen MR) is 67.1 cm³/mol. The molecule has 0 bridgehead atoms. The Morgan fingerprint density at radius 1 is 1.00 bits per heavy atom. The normalized spacial score (nSPS) is 25.6. The average molecular weight is 240 g/mol. The Labute approximate surface area is 104 Å². The fourth-order valence-corrected chi connectivity index (χ4v) is 3.10. The first-order valence-electron chi connectivity index (χ1n) is 6.94. The van der Waals surface area contributed by atoms with Gasteiger partial charge in [0.1, 0.15) is 0 Å². The van der Waals surface area contributed by atoms with Gasteiger partial charge in [-0.05, 0) is 12.8 Å². The van der Waals surface area contributed by atoms with Crippen molar-refractivity contribution in [1.29, 1.82) is 0 Å². The van der Waals surface area contributed by atoms with Gasteiger partial charge in [0, 0.05) is 32.2 Å². The summed E-state index contributed by atoms with van der Waals surface area (Å²) >= 11 is 0. The second kappa shape index (κ2) is 6.36. The fraction of sp³-hybridized carbons (Fsp3) is 0.923. The molecule has 98 valence electrons. The molecule has 0 spiro atoms. The summed E-state index contributed by atoms with van der Waals surface area (Å²) in [5.41, 5.74) is 0. The summed E-state index contributed by atoms with van der Waals surface area (Å²) in [4.78, 5) is 15.3. The van der Waals surface area contributed by atoms with E-state index < -0.39 is 5.97 Å². The topological polar surface area (TPSA) is 43.8 Å². The third kappa shape index (κ3) is 3.96. The van der Waals surface area contributed by atoms with E-state index in [4.69, 9.17) is 5.11 Å². The van der Waals surface area contributed by atoms with Gasteiger partial charge in [-0.1, -0.05) is 25.7 Å². The van der Waals surface area contributed by atoms with E-state index in [2.05, 4.69) is 9.80 Å². The van der Waals surface area contributed by atoms with Crippen LogP contribution in [0.2, 0.25) is 0 Å². The lowest BCUT2D eigenvalue weighted by Crippen LogP contribution is -2.51. The number of carboxylic acids is 1. The lowest BCUT2D eigenvalue weighted by Gasteiger charge is -2.38. The monoisotopic (exact) mass is 240 g/mol. The lowest BCUT2D eigenvalue weighted by atomic mass is 10.1. The molecule has 0 radical (unpaired) electrons. The van der Waals surface area contributed by atoms with Crippen molar-refractivity contribution in [3.8, 4) is 0 Å². The Morgan fingerprint density at radius 3 is 2.12 bits per heavy atom. The summed E-state index contributed by atoms with van der Waals surface area (Å²) in [7, 11) is 0. The Bertz CT molecular complexity index is 242. The summed E-state index contributed by atoms with van der Waals surface area (Å²) in [5.74, 6) is -0.701. The van der Waals surface area contributed by atoms with E-state index in [9.17, 15) is 4.79 Å². The van der Waals surface area contributed by atoms with Gasteiger partial charge in [0.25, 0.3) is 0 Å². The number of piperazine rings is 1. The van der Waals surface area contributed by atoms with Crippen molar-refractivity contribution in [2.24, 2.45) is 0 Å². The van der Waals surface area contributed by atoms with E-state index in [0.29, 0.717) is 0 Å². The van der Waals surface area contributed by atoms with Crippen molar-refractivity contribution in [1.82, 2.24) is 9.80 Å². The molecular formula is C13H24N2O2. The van der Waals surface area contributed by atoms with Crippen LogP contribution in [-0.2, 0) is 4.79 Å². The highest BCUT2D eigenvalue weighted by Gasteiger charge is 2.24. The van der Waals surface area contributed by atoms with Gasteiger partial charge in [0.2, 0.25) is 0 Å². The van der Waals surface area contributed by atoms with E-state index in [1.54, 1.807) is 0 Å². The van der Waals surface area contributed by atoms with Crippen molar-refractivity contribution >= 4 is 5.97 Å². The molecule has 1 aliphatic heterocycles. The van der Waals surface area contributed by atoms with Crippen LogP contribution in [0.3, 0.4) is 0 Å². The van der Waals surface area contributed by atoms with Gasteiger partial charge in [0.05, 0.1) is 6.54 Å². The molecule has 1 aliphatic carbocycles. The van der Waals surface area contributed by atoms with Crippen LogP contribution in [0.5, 0.6) is 0 Å². The van der Waals surface area contributed by atoms with E-state index in [0.717, 1.165) is 32.2 Å². The molecule has 4 nitrogen and oxygen atoms in total. The highest BCUT2D eigenvalue weighted by atomic mass is 16.4. The number of carboxylic acid groups (broad SMARTS) is 1. The van der Waals surface area contributed by atoms with E-state index in [1.165, 1.54) is 38.5 Å². The molecule has 0 unspecified atom stereocenters. The third-order valence-electron chi connectivity index (χ3n) is 4.11. The summed E-state index contributed by atoms with van der Waals surface area (Å²) < 4.78 is 0.